The summed E-state index contributed by atoms with van der Waals surface area (Å²) in [5.74, 6) is -1.56. The highest BCUT2D eigenvalue weighted by molar-refractivity contribution is 6.12. The highest BCUT2D eigenvalue weighted by Gasteiger charge is 2.23. The number of nitrogens with zero attached hydrogens (tertiary/aromatic N) is 1. The summed E-state index contributed by atoms with van der Waals surface area (Å²) < 4.78 is 14.7. The molecule has 1 heterocycles. The van der Waals surface area contributed by atoms with Gasteiger partial charge in [-0.1, -0.05) is 45.4 Å². The molecule has 0 saturated carbocycles. The van der Waals surface area contributed by atoms with Gasteiger partial charge < -0.3 is 5.11 Å². The fraction of sp³-hybridized carbons (Fsp3) is 0.500. The fourth-order valence-electron chi connectivity index (χ4n) is 3.19. The van der Waals surface area contributed by atoms with E-state index in [0.29, 0.717) is 11.9 Å². The molecule has 25 heavy (non-hydrogen) atoms. The van der Waals surface area contributed by atoms with Crippen LogP contribution in [0.15, 0.2) is 18.2 Å². The summed E-state index contributed by atoms with van der Waals surface area (Å²) >= 11 is 0. The van der Waals surface area contributed by atoms with Crippen molar-refractivity contribution >= 4 is 22.6 Å². The Balaban J connectivity index is 2.11. The van der Waals surface area contributed by atoms with Crippen LogP contribution >= 0.6 is 0 Å². The smallest absolute Gasteiger partial charge is 0.233 e. The molecule has 5 heteroatoms. The molecule has 0 radical (unpaired) electrons. The second-order valence-corrected chi connectivity index (χ2v) is 6.52. The zero-order chi connectivity index (χ0) is 18.4. The van der Waals surface area contributed by atoms with E-state index in [1.807, 2.05) is 0 Å². The molecule has 136 valence electrons. The molecule has 0 fully saturated rings. The Morgan fingerprint density at radius 3 is 2.36 bits per heavy atom. The molecule has 0 amide bonds. The molecule has 0 saturated heterocycles. The lowest BCUT2D eigenvalue weighted by Gasteiger charge is -2.06. The topological polar surface area (TPSA) is 59.3 Å². The van der Waals surface area contributed by atoms with Crippen LogP contribution in [0.2, 0.25) is 0 Å². The number of rotatable bonds is 9. The second-order valence-electron chi connectivity index (χ2n) is 6.52. The Labute approximate surface area is 147 Å². The number of unbranched alkanes of at least 4 members (excludes halogenated alkanes) is 6. The summed E-state index contributed by atoms with van der Waals surface area (Å²) in [6.07, 6.45) is 7.93. The zero-order valence-electron chi connectivity index (χ0n) is 15.0. The monoisotopic (exact) mass is 347 g/mol. The van der Waals surface area contributed by atoms with E-state index in [4.69, 9.17) is 0 Å². The first-order valence-electron chi connectivity index (χ1n) is 9.04. The summed E-state index contributed by atoms with van der Waals surface area (Å²) in [6, 6.07) is 3.84. The molecule has 2 rings (SSSR count). The lowest BCUT2D eigenvalue weighted by molar-refractivity contribution is 0.0895. The number of fused-ring (bicyclic) bond motifs is 1. The lowest BCUT2D eigenvalue weighted by Crippen LogP contribution is -2.10. The molecule has 0 atom stereocenters. The molecule has 1 N–H and O–H groups in total. The van der Waals surface area contributed by atoms with Gasteiger partial charge in [0.25, 0.3) is 0 Å². The molecule has 0 aliphatic carbocycles. The normalized spacial score (nSPS) is 11.2. The third-order valence-corrected chi connectivity index (χ3v) is 4.50. The number of halogens is 1. The summed E-state index contributed by atoms with van der Waals surface area (Å²) in [7, 11) is 0. The van der Waals surface area contributed by atoms with Crippen LogP contribution in [-0.4, -0.2) is 21.4 Å². The van der Waals surface area contributed by atoms with Gasteiger partial charge in [-0.3, -0.25) is 9.59 Å². The minimum absolute atomic E-state index is 0.00224. The van der Waals surface area contributed by atoms with E-state index in [1.54, 1.807) is 0 Å². The van der Waals surface area contributed by atoms with Crippen molar-refractivity contribution in [2.45, 2.75) is 65.2 Å². The molecule has 1 aromatic carbocycles. The number of Topliss-reactive ketones (excluding diaryl/α,β-unsaturated/α-hetero) is 1. The second kappa shape index (κ2) is 8.79. The van der Waals surface area contributed by atoms with E-state index < -0.39 is 11.6 Å². The Kier molecular flexibility index (Phi) is 6.73. The standard InChI is InChI=1S/C20H26FNO3/c1-3-4-5-6-7-8-9-10-18(24)22-17-12-11-15(21)13-16(17)19(14(2)23)20(22)25/h11-13,25H,3-10H2,1-2H3. The number of benzene rings is 1. The van der Waals surface area contributed by atoms with Crippen LogP contribution in [0.1, 0.15) is 80.4 Å². The summed E-state index contributed by atoms with van der Waals surface area (Å²) in [5, 5.41) is 10.6. The van der Waals surface area contributed by atoms with Gasteiger partial charge in [0.1, 0.15) is 5.82 Å². The third-order valence-electron chi connectivity index (χ3n) is 4.50. The van der Waals surface area contributed by atoms with E-state index in [0.717, 1.165) is 23.8 Å². The predicted molar refractivity (Wildman–Crippen MR) is 96.8 cm³/mol. The average Bonchev–Trinajstić information content (AvgIpc) is 2.85. The number of aromatic hydroxyl groups is 1. The molecular weight excluding hydrogens is 321 g/mol. The highest BCUT2D eigenvalue weighted by Crippen LogP contribution is 2.32. The molecule has 0 unspecified atom stereocenters. The summed E-state index contributed by atoms with van der Waals surface area (Å²) in [4.78, 5) is 24.3. The van der Waals surface area contributed by atoms with Gasteiger partial charge in [0.2, 0.25) is 11.8 Å². The van der Waals surface area contributed by atoms with E-state index in [1.165, 1.54) is 50.8 Å². The SMILES string of the molecule is CCCCCCCCCC(=O)n1c(O)c(C(C)=O)c2cc(F)ccc21. The first-order chi connectivity index (χ1) is 12.0. The number of carbonyl (C=O) groups excluding carboxylic acids is 2. The lowest BCUT2D eigenvalue weighted by atomic mass is 10.1. The fourth-order valence-corrected chi connectivity index (χ4v) is 3.19. The summed E-state index contributed by atoms with van der Waals surface area (Å²) in [6.45, 7) is 3.47. The first-order valence-corrected chi connectivity index (χ1v) is 9.04. The van der Waals surface area contributed by atoms with Crippen LogP contribution in [0.25, 0.3) is 10.9 Å². The van der Waals surface area contributed by atoms with Crippen molar-refractivity contribution in [3.8, 4) is 5.88 Å². The molecule has 1 aromatic heterocycles. The molecule has 0 aliphatic rings. The number of hydrogen-bond donors (Lipinski definition) is 1. The maximum atomic E-state index is 13.5. The Hall–Kier alpha value is -2.17. The van der Waals surface area contributed by atoms with Crippen LogP contribution in [0.4, 0.5) is 4.39 Å². The maximum absolute atomic E-state index is 13.5. The van der Waals surface area contributed by atoms with Gasteiger partial charge in [0.15, 0.2) is 5.78 Å². The van der Waals surface area contributed by atoms with Crippen LogP contribution in [0, 0.1) is 5.82 Å². The number of aromatic nitrogens is 1. The van der Waals surface area contributed by atoms with Gasteiger partial charge in [-0.25, -0.2) is 8.96 Å². The molecular formula is C20H26FNO3. The number of carbonyl (C=O) groups is 2. The molecule has 2 aromatic rings. The van der Waals surface area contributed by atoms with E-state index >= 15 is 0 Å². The third kappa shape index (κ3) is 4.47. The van der Waals surface area contributed by atoms with Crippen molar-refractivity contribution in [2.75, 3.05) is 0 Å². The Bertz CT molecular complexity index is 764. The van der Waals surface area contributed by atoms with E-state index in [2.05, 4.69) is 6.92 Å². The minimum Gasteiger partial charge on any atom is -0.494 e. The molecule has 0 bridgehead atoms. The highest BCUT2D eigenvalue weighted by atomic mass is 19.1. The van der Waals surface area contributed by atoms with Crippen molar-refractivity contribution < 1.29 is 19.1 Å². The average molecular weight is 347 g/mol. The van der Waals surface area contributed by atoms with E-state index in [9.17, 15) is 19.1 Å². The number of hydrogen-bond acceptors (Lipinski definition) is 3. The van der Waals surface area contributed by atoms with Gasteiger partial charge >= 0.3 is 0 Å². The van der Waals surface area contributed by atoms with Crippen LogP contribution in [0.5, 0.6) is 5.88 Å². The van der Waals surface area contributed by atoms with Gasteiger partial charge in [-0.05, 0) is 31.5 Å². The van der Waals surface area contributed by atoms with Crippen LogP contribution in [-0.2, 0) is 0 Å². The Morgan fingerprint density at radius 2 is 1.72 bits per heavy atom. The quantitative estimate of drug-likeness (QED) is 0.483. The van der Waals surface area contributed by atoms with Crippen molar-refractivity contribution in [3.63, 3.8) is 0 Å². The van der Waals surface area contributed by atoms with Crippen molar-refractivity contribution in [3.05, 3.63) is 29.6 Å². The molecule has 0 spiro atoms. The number of ketones is 1. The minimum atomic E-state index is -0.508. The van der Waals surface area contributed by atoms with Gasteiger partial charge in [-0.2, -0.15) is 0 Å². The maximum Gasteiger partial charge on any atom is 0.233 e. The van der Waals surface area contributed by atoms with Crippen LogP contribution in [0.3, 0.4) is 0 Å². The van der Waals surface area contributed by atoms with Crippen molar-refractivity contribution in [2.24, 2.45) is 0 Å². The largest absolute Gasteiger partial charge is 0.494 e. The van der Waals surface area contributed by atoms with Crippen LogP contribution < -0.4 is 0 Å². The molecule has 0 aliphatic heterocycles. The van der Waals surface area contributed by atoms with E-state index in [-0.39, 0.29) is 22.7 Å². The zero-order valence-corrected chi connectivity index (χ0v) is 15.0. The van der Waals surface area contributed by atoms with Gasteiger partial charge in [0.05, 0.1) is 11.1 Å². The molecule has 4 nitrogen and oxygen atoms in total. The predicted octanol–water partition coefficient (Wildman–Crippen LogP) is 5.47. The summed E-state index contributed by atoms with van der Waals surface area (Å²) in [5.41, 5.74) is 0.375. The van der Waals surface area contributed by atoms with Crippen molar-refractivity contribution in [1.82, 2.24) is 4.57 Å². The Morgan fingerprint density at radius 1 is 1.08 bits per heavy atom. The first kappa shape index (κ1) is 19.2. The van der Waals surface area contributed by atoms with Crippen molar-refractivity contribution in [1.29, 1.82) is 0 Å². The van der Waals surface area contributed by atoms with Gasteiger partial charge in [0, 0.05) is 11.8 Å². The van der Waals surface area contributed by atoms with Gasteiger partial charge in [-0.15, -0.1) is 0 Å².